The molecule has 47 heavy (non-hydrogen) atoms. The molecule has 0 unspecified atom stereocenters. The number of aliphatic hydroxyl groups is 1. The zero-order valence-corrected chi connectivity index (χ0v) is 26.6. The molecule has 0 saturated heterocycles. The Morgan fingerprint density at radius 2 is 1.26 bits per heavy atom. The van der Waals surface area contributed by atoms with Crippen molar-refractivity contribution in [2.24, 2.45) is 0 Å². The van der Waals surface area contributed by atoms with Gasteiger partial charge in [0.2, 0.25) is 0 Å². The largest absolute Gasteiger partial charge is 0.390 e. The summed E-state index contributed by atoms with van der Waals surface area (Å²) in [5, 5.41) is 16.0. The van der Waals surface area contributed by atoms with Gasteiger partial charge in [0.1, 0.15) is 17.0 Å². The van der Waals surface area contributed by atoms with Crippen LogP contribution >= 0.6 is 0 Å². The molecule has 0 radical (unpaired) electrons. The van der Waals surface area contributed by atoms with Crippen LogP contribution in [0, 0.1) is 6.92 Å². The SMILES string of the molecule is Cc1nc(CC(=O)C[C@@H](c2ccccc2)C(C)(C)O)cc2c1c(C(F)F)nn2C(c1ccccc1)(c1ccccc1)c1ccccc1. The number of carbonyl (C=O) groups excluding carboxylic acids is 1. The van der Waals surface area contributed by atoms with Crippen molar-refractivity contribution in [3.8, 4) is 0 Å². The highest BCUT2D eigenvalue weighted by Crippen LogP contribution is 2.44. The van der Waals surface area contributed by atoms with E-state index in [0.717, 1.165) is 22.3 Å². The van der Waals surface area contributed by atoms with Gasteiger partial charge in [0.25, 0.3) is 6.43 Å². The molecule has 0 aliphatic rings. The molecule has 6 rings (SSSR count). The van der Waals surface area contributed by atoms with Crippen molar-refractivity contribution in [2.75, 3.05) is 0 Å². The van der Waals surface area contributed by atoms with Gasteiger partial charge in [-0.1, -0.05) is 121 Å². The fraction of sp³-hybridized carbons (Fsp3) is 0.225. The molecule has 1 atom stereocenters. The van der Waals surface area contributed by atoms with Crippen LogP contribution in [0.25, 0.3) is 10.9 Å². The number of hydrogen-bond acceptors (Lipinski definition) is 4. The highest BCUT2D eigenvalue weighted by Gasteiger charge is 2.42. The Balaban J connectivity index is 1.56. The molecule has 7 heteroatoms. The van der Waals surface area contributed by atoms with Crippen molar-refractivity contribution < 1.29 is 18.7 Å². The maximum atomic E-state index is 14.8. The molecule has 2 aromatic heterocycles. The number of halogens is 2. The minimum absolute atomic E-state index is 0.0274. The quantitative estimate of drug-likeness (QED) is 0.146. The van der Waals surface area contributed by atoms with E-state index in [4.69, 9.17) is 5.10 Å². The van der Waals surface area contributed by atoms with Crippen LogP contribution < -0.4 is 0 Å². The summed E-state index contributed by atoms with van der Waals surface area (Å²) in [7, 11) is 0. The van der Waals surface area contributed by atoms with Crippen LogP contribution in [-0.4, -0.2) is 31.3 Å². The van der Waals surface area contributed by atoms with Crippen molar-refractivity contribution in [1.29, 1.82) is 0 Å². The number of carbonyl (C=O) groups is 1. The van der Waals surface area contributed by atoms with Crippen molar-refractivity contribution in [3.05, 3.63) is 167 Å². The Morgan fingerprint density at radius 3 is 1.70 bits per heavy atom. The summed E-state index contributed by atoms with van der Waals surface area (Å²) in [6, 6.07) is 40.4. The number of Topliss-reactive ketones (excluding diaryl/α,β-unsaturated/α-hetero) is 1. The topological polar surface area (TPSA) is 68.0 Å². The van der Waals surface area contributed by atoms with Crippen molar-refractivity contribution in [3.63, 3.8) is 0 Å². The van der Waals surface area contributed by atoms with Crippen molar-refractivity contribution in [1.82, 2.24) is 14.8 Å². The zero-order chi connectivity index (χ0) is 33.2. The number of rotatable bonds is 11. The highest BCUT2D eigenvalue weighted by atomic mass is 19.3. The van der Waals surface area contributed by atoms with Gasteiger partial charge in [-0.3, -0.25) is 9.78 Å². The molecule has 0 aliphatic carbocycles. The lowest BCUT2D eigenvalue weighted by atomic mass is 9.77. The second-order valence-electron chi connectivity index (χ2n) is 12.5. The van der Waals surface area contributed by atoms with Crippen LogP contribution in [-0.2, 0) is 16.8 Å². The first-order valence-corrected chi connectivity index (χ1v) is 15.7. The van der Waals surface area contributed by atoms with Crippen molar-refractivity contribution in [2.45, 2.75) is 57.1 Å². The summed E-state index contributed by atoms with van der Waals surface area (Å²) in [6.07, 6.45) is -2.79. The molecule has 2 heterocycles. The summed E-state index contributed by atoms with van der Waals surface area (Å²) < 4.78 is 31.4. The number of nitrogens with zero attached hydrogens (tertiary/aromatic N) is 3. The maximum Gasteiger partial charge on any atom is 0.282 e. The molecular formula is C40H37F2N3O2. The van der Waals surface area contributed by atoms with E-state index in [0.29, 0.717) is 16.9 Å². The van der Waals surface area contributed by atoms with E-state index in [2.05, 4.69) is 4.98 Å². The van der Waals surface area contributed by atoms with Gasteiger partial charge in [-0.25, -0.2) is 13.5 Å². The number of pyridine rings is 1. The van der Waals surface area contributed by atoms with Crippen LogP contribution in [0.5, 0.6) is 0 Å². The average molecular weight is 630 g/mol. The van der Waals surface area contributed by atoms with Gasteiger partial charge in [0, 0.05) is 24.5 Å². The van der Waals surface area contributed by atoms with Crippen LogP contribution in [0.1, 0.15) is 71.9 Å². The molecule has 4 aromatic carbocycles. The second-order valence-corrected chi connectivity index (χ2v) is 12.5. The number of aryl methyl sites for hydroxylation is 1. The molecular weight excluding hydrogens is 592 g/mol. The Bertz CT molecular complexity index is 1870. The van der Waals surface area contributed by atoms with E-state index in [-0.39, 0.29) is 29.7 Å². The van der Waals surface area contributed by atoms with E-state index in [1.165, 1.54) is 0 Å². The van der Waals surface area contributed by atoms with Crippen LogP contribution in [0.2, 0.25) is 0 Å². The number of aromatic nitrogens is 3. The van der Waals surface area contributed by atoms with Gasteiger partial charge in [-0.2, -0.15) is 5.10 Å². The molecule has 238 valence electrons. The number of ketones is 1. The van der Waals surface area contributed by atoms with Gasteiger partial charge in [0.05, 0.1) is 22.2 Å². The monoisotopic (exact) mass is 629 g/mol. The molecule has 0 aliphatic heterocycles. The molecule has 5 nitrogen and oxygen atoms in total. The molecule has 0 bridgehead atoms. The molecule has 0 saturated carbocycles. The molecule has 0 fully saturated rings. The van der Waals surface area contributed by atoms with Crippen LogP contribution in [0.15, 0.2) is 127 Å². The van der Waals surface area contributed by atoms with Gasteiger partial charge in [0.15, 0.2) is 0 Å². The first-order valence-electron chi connectivity index (χ1n) is 15.7. The average Bonchev–Trinajstić information content (AvgIpc) is 3.46. The smallest absolute Gasteiger partial charge is 0.282 e. The Morgan fingerprint density at radius 1 is 0.787 bits per heavy atom. The van der Waals surface area contributed by atoms with E-state index >= 15 is 0 Å². The van der Waals surface area contributed by atoms with E-state index in [1.54, 1.807) is 31.5 Å². The number of alkyl halides is 2. The summed E-state index contributed by atoms with van der Waals surface area (Å²) in [4.78, 5) is 18.3. The second kappa shape index (κ2) is 13.0. The normalized spacial score (nSPS) is 12.8. The zero-order valence-electron chi connectivity index (χ0n) is 26.6. The number of hydrogen-bond donors (Lipinski definition) is 1. The minimum Gasteiger partial charge on any atom is -0.390 e. The van der Waals surface area contributed by atoms with Gasteiger partial charge >= 0.3 is 0 Å². The molecule has 0 amide bonds. The molecule has 1 N–H and O–H groups in total. The van der Waals surface area contributed by atoms with Gasteiger partial charge in [-0.05, 0) is 49.1 Å². The van der Waals surface area contributed by atoms with Crippen LogP contribution in [0.3, 0.4) is 0 Å². The summed E-state index contributed by atoms with van der Waals surface area (Å²) in [6.45, 7) is 5.09. The molecule has 0 spiro atoms. The Hall–Kier alpha value is -5.01. The van der Waals surface area contributed by atoms with Gasteiger partial charge in [-0.15, -0.1) is 0 Å². The van der Waals surface area contributed by atoms with Crippen LogP contribution in [0.4, 0.5) is 8.78 Å². The Kier molecular flexibility index (Phi) is 8.84. The third-order valence-corrected chi connectivity index (χ3v) is 8.89. The standard InChI is InChI=1S/C40H37F2N3O2/c1-27-36-35(25-32(43-27)24-33(46)26-34(39(2,3)47)28-16-8-4-9-17-28)45(44-37(36)38(41)42)40(29-18-10-5-11-19-29,30-20-12-6-13-21-30)31-22-14-7-15-23-31/h4-23,25,34,38,47H,24,26H2,1-3H3/t34-/m0/s1. The van der Waals surface area contributed by atoms with E-state index in [9.17, 15) is 18.7 Å². The molecule has 6 aromatic rings. The summed E-state index contributed by atoms with van der Waals surface area (Å²) in [5.41, 5.74) is 2.02. The van der Waals surface area contributed by atoms with Crippen molar-refractivity contribution >= 4 is 16.7 Å². The van der Waals surface area contributed by atoms with E-state index in [1.807, 2.05) is 121 Å². The highest BCUT2D eigenvalue weighted by molar-refractivity contribution is 5.88. The fourth-order valence-corrected chi connectivity index (χ4v) is 6.78. The van der Waals surface area contributed by atoms with Gasteiger partial charge < -0.3 is 5.11 Å². The lowest BCUT2D eigenvalue weighted by Gasteiger charge is -2.37. The van der Waals surface area contributed by atoms with E-state index < -0.39 is 23.5 Å². The lowest BCUT2D eigenvalue weighted by Crippen LogP contribution is -2.38. The number of benzene rings is 4. The number of fused-ring (bicyclic) bond motifs is 1. The predicted molar refractivity (Wildman–Crippen MR) is 181 cm³/mol. The summed E-state index contributed by atoms with van der Waals surface area (Å²) in [5.74, 6) is -0.549. The third kappa shape index (κ3) is 6.11. The summed E-state index contributed by atoms with van der Waals surface area (Å²) >= 11 is 0. The lowest BCUT2D eigenvalue weighted by molar-refractivity contribution is -0.120. The predicted octanol–water partition coefficient (Wildman–Crippen LogP) is 8.57. The minimum atomic E-state index is -2.86. The fourth-order valence-electron chi connectivity index (χ4n) is 6.78. The third-order valence-electron chi connectivity index (χ3n) is 8.89. The Labute approximate surface area is 273 Å². The maximum absolute atomic E-state index is 14.8. The first kappa shape index (κ1) is 32.0. The first-order chi connectivity index (χ1) is 22.6.